The van der Waals surface area contributed by atoms with Crippen LogP contribution in [-0.2, 0) is 0 Å². The van der Waals surface area contributed by atoms with E-state index in [-0.39, 0.29) is 5.75 Å². The number of aromatic nitrogens is 2. The van der Waals surface area contributed by atoms with Gasteiger partial charge in [0.1, 0.15) is 12.1 Å². The standard InChI is InChI=1S/C20H14F3N3O/c1-24-11-13-2-8-17-14(10-13)3-9-18-19(17)25-12-26(18)15-4-6-16(7-5-15)27-20(21,22)23/h2-12H,1H3. The summed E-state index contributed by atoms with van der Waals surface area (Å²) in [6.07, 6.45) is -1.26. The molecule has 4 rings (SSSR count). The number of aliphatic imine (C=N–C) groups is 1. The number of ether oxygens (including phenoxy) is 1. The van der Waals surface area contributed by atoms with Gasteiger partial charge in [-0.3, -0.25) is 9.56 Å². The summed E-state index contributed by atoms with van der Waals surface area (Å²) in [5.74, 6) is -0.258. The van der Waals surface area contributed by atoms with Crippen molar-refractivity contribution in [2.75, 3.05) is 7.05 Å². The van der Waals surface area contributed by atoms with E-state index < -0.39 is 6.36 Å². The van der Waals surface area contributed by atoms with Crippen molar-refractivity contribution in [1.82, 2.24) is 9.55 Å². The summed E-state index contributed by atoms with van der Waals surface area (Å²) >= 11 is 0. The van der Waals surface area contributed by atoms with Gasteiger partial charge in [0.05, 0.1) is 11.0 Å². The molecule has 0 aliphatic heterocycles. The van der Waals surface area contributed by atoms with Gasteiger partial charge in [-0.25, -0.2) is 4.98 Å². The molecule has 4 nitrogen and oxygen atoms in total. The van der Waals surface area contributed by atoms with Crippen LogP contribution in [0.1, 0.15) is 5.56 Å². The number of alkyl halides is 3. The quantitative estimate of drug-likeness (QED) is 0.470. The van der Waals surface area contributed by atoms with Crippen molar-refractivity contribution in [2.24, 2.45) is 4.99 Å². The molecule has 3 aromatic carbocycles. The Hall–Kier alpha value is -3.35. The molecule has 0 bridgehead atoms. The number of benzene rings is 3. The first kappa shape index (κ1) is 17.1. The first-order chi connectivity index (χ1) is 12.9. The number of nitrogens with zero attached hydrogens (tertiary/aromatic N) is 3. The Balaban J connectivity index is 1.76. The van der Waals surface area contributed by atoms with Crippen molar-refractivity contribution >= 4 is 28.0 Å². The van der Waals surface area contributed by atoms with Crippen LogP contribution in [-0.4, -0.2) is 29.2 Å². The van der Waals surface area contributed by atoms with E-state index >= 15 is 0 Å². The minimum absolute atomic E-state index is 0.258. The van der Waals surface area contributed by atoms with E-state index in [4.69, 9.17) is 0 Å². The molecule has 0 spiro atoms. The monoisotopic (exact) mass is 369 g/mol. The molecule has 0 saturated heterocycles. The topological polar surface area (TPSA) is 39.4 Å². The van der Waals surface area contributed by atoms with E-state index in [0.717, 1.165) is 27.4 Å². The van der Waals surface area contributed by atoms with Crippen molar-refractivity contribution < 1.29 is 17.9 Å². The molecule has 0 unspecified atom stereocenters. The highest BCUT2D eigenvalue weighted by Gasteiger charge is 2.31. The van der Waals surface area contributed by atoms with Gasteiger partial charge >= 0.3 is 6.36 Å². The molecule has 27 heavy (non-hydrogen) atoms. The van der Waals surface area contributed by atoms with Gasteiger partial charge in [0.25, 0.3) is 0 Å². The zero-order chi connectivity index (χ0) is 19.0. The Kier molecular flexibility index (Phi) is 4.07. The largest absolute Gasteiger partial charge is 0.573 e. The maximum atomic E-state index is 12.3. The Labute approximate surface area is 152 Å². The highest BCUT2D eigenvalue weighted by atomic mass is 19.4. The SMILES string of the molecule is CN=Cc1ccc2c(ccc3c2ncn3-c2ccc(OC(F)(F)F)cc2)c1. The van der Waals surface area contributed by atoms with Crippen LogP contribution in [0.5, 0.6) is 5.75 Å². The zero-order valence-electron chi connectivity index (χ0n) is 14.2. The first-order valence-electron chi connectivity index (χ1n) is 8.13. The van der Waals surface area contributed by atoms with Crippen LogP contribution in [0.2, 0.25) is 0 Å². The highest BCUT2D eigenvalue weighted by molar-refractivity contribution is 6.06. The lowest BCUT2D eigenvalue weighted by Crippen LogP contribution is -2.17. The second kappa shape index (κ2) is 6.42. The van der Waals surface area contributed by atoms with Crippen molar-refractivity contribution in [3.8, 4) is 11.4 Å². The lowest BCUT2D eigenvalue weighted by molar-refractivity contribution is -0.274. The van der Waals surface area contributed by atoms with Crippen LogP contribution in [0, 0.1) is 0 Å². The van der Waals surface area contributed by atoms with Crippen LogP contribution >= 0.6 is 0 Å². The van der Waals surface area contributed by atoms with Crippen LogP contribution in [0.4, 0.5) is 13.2 Å². The van der Waals surface area contributed by atoms with Gasteiger partial charge in [0.2, 0.25) is 0 Å². The van der Waals surface area contributed by atoms with E-state index in [0.29, 0.717) is 5.69 Å². The third-order valence-corrected chi connectivity index (χ3v) is 4.18. The molecule has 4 aromatic rings. The second-order valence-electron chi connectivity index (χ2n) is 5.96. The van der Waals surface area contributed by atoms with Gasteiger partial charge < -0.3 is 4.74 Å². The molecule has 0 atom stereocenters. The summed E-state index contributed by atoms with van der Waals surface area (Å²) in [5, 5.41) is 2.04. The lowest BCUT2D eigenvalue weighted by Gasteiger charge is -2.10. The summed E-state index contributed by atoms with van der Waals surface area (Å²) in [6, 6.07) is 15.6. The van der Waals surface area contributed by atoms with Gasteiger partial charge in [0.15, 0.2) is 0 Å². The van der Waals surface area contributed by atoms with Crippen molar-refractivity contribution in [1.29, 1.82) is 0 Å². The average molecular weight is 369 g/mol. The molecule has 136 valence electrons. The molecule has 0 radical (unpaired) electrons. The van der Waals surface area contributed by atoms with E-state index in [1.54, 1.807) is 31.7 Å². The molecular formula is C20H14F3N3O. The smallest absolute Gasteiger partial charge is 0.406 e. The number of hydrogen-bond donors (Lipinski definition) is 0. The normalized spacial score (nSPS) is 12.3. The Morgan fingerprint density at radius 3 is 2.52 bits per heavy atom. The average Bonchev–Trinajstić information content (AvgIpc) is 3.05. The Bertz CT molecular complexity index is 1150. The lowest BCUT2D eigenvalue weighted by atomic mass is 10.1. The van der Waals surface area contributed by atoms with Crippen LogP contribution in [0.25, 0.3) is 27.5 Å². The maximum Gasteiger partial charge on any atom is 0.573 e. The minimum atomic E-state index is -4.70. The van der Waals surface area contributed by atoms with E-state index in [1.807, 2.05) is 34.9 Å². The van der Waals surface area contributed by atoms with Crippen LogP contribution in [0.3, 0.4) is 0 Å². The van der Waals surface area contributed by atoms with Crippen molar-refractivity contribution in [3.63, 3.8) is 0 Å². The van der Waals surface area contributed by atoms with Gasteiger partial charge in [-0.05, 0) is 47.3 Å². The molecule has 1 aromatic heterocycles. The van der Waals surface area contributed by atoms with E-state index in [9.17, 15) is 13.2 Å². The number of imidazole rings is 1. The van der Waals surface area contributed by atoms with E-state index in [2.05, 4.69) is 14.7 Å². The molecule has 7 heteroatoms. The predicted octanol–water partition coefficient (Wildman–Crippen LogP) is 5.13. The fourth-order valence-electron chi connectivity index (χ4n) is 3.07. The number of hydrogen-bond acceptors (Lipinski definition) is 3. The number of halogens is 3. The second-order valence-corrected chi connectivity index (χ2v) is 5.96. The van der Waals surface area contributed by atoms with Crippen LogP contribution in [0.15, 0.2) is 65.9 Å². The molecule has 0 aliphatic rings. The molecular weight excluding hydrogens is 355 g/mol. The molecule has 0 N–H and O–H groups in total. The zero-order valence-corrected chi connectivity index (χ0v) is 14.2. The first-order valence-corrected chi connectivity index (χ1v) is 8.13. The van der Waals surface area contributed by atoms with E-state index in [1.165, 1.54) is 12.1 Å². The molecule has 0 saturated carbocycles. The van der Waals surface area contributed by atoms with Gasteiger partial charge in [0, 0.05) is 24.3 Å². The molecule has 1 heterocycles. The van der Waals surface area contributed by atoms with Gasteiger partial charge in [-0.15, -0.1) is 13.2 Å². The third kappa shape index (κ3) is 3.36. The van der Waals surface area contributed by atoms with Crippen molar-refractivity contribution in [3.05, 3.63) is 66.5 Å². The van der Waals surface area contributed by atoms with Gasteiger partial charge in [-0.2, -0.15) is 0 Å². The number of rotatable bonds is 3. The third-order valence-electron chi connectivity index (χ3n) is 4.18. The van der Waals surface area contributed by atoms with Gasteiger partial charge in [-0.1, -0.05) is 18.2 Å². The summed E-state index contributed by atoms with van der Waals surface area (Å²) in [5.41, 5.74) is 3.39. The van der Waals surface area contributed by atoms with Crippen LogP contribution < -0.4 is 4.74 Å². The molecule has 0 aliphatic carbocycles. The molecule has 0 fully saturated rings. The number of fused-ring (bicyclic) bond motifs is 3. The highest BCUT2D eigenvalue weighted by Crippen LogP contribution is 2.28. The minimum Gasteiger partial charge on any atom is -0.406 e. The van der Waals surface area contributed by atoms with Crippen molar-refractivity contribution in [2.45, 2.75) is 6.36 Å². The Morgan fingerprint density at radius 2 is 1.81 bits per heavy atom. The fraction of sp³-hybridized carbons (Fsp3) is 0.100. The summed E-state index contributed by atoms with van der Waals surface area (Å²) in [4.78, 5) is 8.52. The maximum absolute atomic E-state index is 12.3. The molecule has 0 amide bonds. The summed E-state index contributed by atoms with van der Waals surface area (Å²) in [7, 11) is 1.72. The summed E-state index contributed by atoms with van der Waals surface area (Å²) < 4.78 is 42.7. The summed E-state index contributed by atoms with van der Waals surface area (Å²) in [6.45, 7) is 0. The Morgan fingerprint density at radius 1 is 1.04 bits per heavy atom. The fourth-order valence-corrected chi connectivity index (χ4v) is 3.07. The predicted molar refractivity (Wildman–Crippen MR) is 98.8 cm³/mol.